The second-order valence-corrected chi connectivity index (χ2v) is 21.1. The minimum atomic E-state index is -0.494. The van der Waals surface area contributed by atoms with Gasteiger partial charge in [0.15, 0.2) is 5.78 Å². The van der Waals surface area contributed by atoms with Gasteiger partial charge in [0, 0.05) is 5.92 Å². The van der Waals surface area contributed by atoms with Crippen molar-refractivity contribution >= 4 is 11.8 Å². The van der Waals surface area contributed by atoms with Crippen LogP contribution in [0.2, 0.25) is 0 Å². The van der Waals surface area contributed by atoms with Crippen molar-refractivity contribution in [2.45, 2.75) is 222 Å². The minimum absolute atomic E-state index is 0.00868. The van der Waals surface area contributed by atoms with Gasteiger partial charge in [-0.1, -0.05) is 150 Å². The quantitative estimate of drug-likeness (QED) is 0.113. The number of hydrogen-bond donors (Lipinski definition) is 1. The van der Waals surface area contributed by atoms with Gasteiger partial charge in [0.2, 0.25) is 0 Å². The number of allylic oxidation sites excluding steroid dienone is 2. The number of aliphatic hydroxyl groups excluding tert-OH is 1. The topological polar surface area (TPSA) is 63.6 Å². The number of unbranched alkanes of at least 4 members (excludes halogenated alkanes) is 15. The van der Waals surface area contributed by atoms with Crippen molar-refractivity contribution < 1.29 is 19.4 Å². The van der Waals surface area contributed by atoms with E-state index < -0.39 is 5.41 Å². The monoisotopic (exact) mass is 723 g/mol. The molecule has 0 spiro atoms. The first kappa shape index (κ1) is 42.0. The molecule has 4 nitrogen and oxygen atoms in total. The Morgan fingerprint density at radius 3 is 1.83 bits per heavy atom. The van der Waals surface area contributed by atoms with Crippen molar-refractivity contribution in [3.63, 3.8) is 0 Å². The molecule has 0 aromatic heterocycles. The summed E-state index contributed by atoms with van der Waals surface area (Å²) < 4.78 is 6.06. The fourth-order valence-corrected chi connectivity index (χ4v) is 13.3. The van der Waals surface area contributed by atoms with Crippen LogP contribution < -0.4 is 0 Å². The molecule has 0 aliphatic heterocycles. The Morgan fingerprint density at radius 1 is 0.712 bits per heavy atom. The molecule has 0 heterocycles. The van der Waals surface area contributed by atoms with Crippen LogP contribution in [-0.4, -0.2) is 29.6 Å². The Bertz CT molecular complexity index is 1250. The van der Waals surface area contributed by atoms with E-state index >= 15 is 0 Å². The Hall–Kier alpha value is -1.16. The first-order chi connectivity index (χ1) is 24.6. The number of aliphatic hydroxyl groups is 1. The normalized spacial score (nSPS) is 39.5. The number of fused-ring (bicyclic) bond motifs is 7. The van der Waals surface area contributed by atoms with Crippen LogP contribution in [0.1, 0.15) is 216 Å². The van der Waals surface area contributed by atoms with E-state index in [-0.39, 0.29) is 51.0 Å². The van der Waals surface area contributed by atoms with Crippen molar-refractivity contribution in [3.8, 4) is 0 Å². The Kier molecular flexibility index (Phi) is 13.7. The summed E-state index contributed by atoms with van der Waals surface area (Å²) in [5.74, 6) is 0.899. The molecule has 4 fully saturated rings. The summed E-state index contributed by atoms with van der Waals surface area (Å²) in [6, 6.07) is 0. The van der Waals surface area contributed by atoms with Crippen LogP contribution in [0.5, 0.6) is 0 Å². The third-order valence-electron chi connectivity index (χ3n) is 17.3. The fraction of sp³-hybridized carbons (Fsp3) is 0.917. The molecule has 0 bridgehead atoms. The molecule has 5 aliphatic rings. The average Bonchev–Trinajstić information content (AvgIpc) is 3.09. The largest absolute Gasteiger partial charge is 0.465 e. The molecule has 0 amide bonds. The van der Waals surface area contributed by atoms with Gasteiger partial charge in [-0.05, 0) is 116 Å². The van der Waals surface area contributed by atoms with E-state index in [2.05, 4.69) is 61.5 Å². The molecule has 0 aromatic rings. The molecule has 9 unspecified atom stereocenters. The second-order valence-electron chi connectivity index (χ2n) is 21.1. The number of esters is 1. The van der Waals surface area contributed by atoms with Gasteiger partial charge in [0.05, 0.1) is 18.1 Å². The van der Waals surface area contributed by atoms with Gasteiger partial charge in [0.25, 0.3) is 0 Å². The van der Waals surface area contributed by atoms with Gasteiger partial charge >= 0.3 is 5.97 Å². The molecule has 5 rings (SSSR count). The average molecular weight is 723 g/mol. The van der Waals surface area contributed by atoms with Crippen LogP contribution in [0.3, 0.4) is 0 Å². The molecule has 0 saturated heterocycles. The number of hydrogen-bond acceptors (Lipinski definition) is 4. The van der Waals surface area contributed by atoms with Gasteiger partial charge in [-0.3, -0.25) is 9.59 Å². The van der Waals surface area contributed by atoms with Gasteiger partial charge < -0.3 is 9.84 Å². The highest BCUT2D eigenvalue weighted by molar-refractivity contribution is 5.95. The molecular weight excluding hydrogens is 641 g/mol. The predicted octanol–water partition coefficient (Wildman–Crippen LogP) is 13.1. The van der Waals surface area contributed by atoms with Crippen molar-refractivity contribution in [1.82, 2.24) is 0 Å². The predicted molar refractivity (Wildman–Crippen MR) is 216 cm³/mol. The van der Waals surface area contributed by atoms with Crippen LogP contribution in [0, 0.1) is 50.2 Å². The molecule has 298 valence electrons. The highest BCUT2D eigenvalue weighted by Gasteiger charge is 2.70. The van der Waals surface area contributed by atoms with Gasteiger partial charge in [0.1, 0.15) is 0 Å². The van der Waals surface area contributed by atoms with Gasteiger partial charge in [-0.15, -0.1) is 0 Å². The van der Waals surface area contributed by atoms with Crippen molar-refractivity contribution in [2.75, 3.05) is 6.61 Å². The third-order valence-corrected chi connectivity index (χ3v) is 17.3. The zero-order valence-electron chi connectivity index (χ0n) is 35.4. The van der Waals surface area contributed by atoms with Crippen molar-refractivity contribution in [3.05, 3.63) is 11.6 Å². The Balaban J connectivity index is 1.10. The van der Waals surface area contributed by atoms with Crippen molar-refractivity contribution in [2.24, 2.45) is 50.2 Å². The summed E-state index contributed by atoms with van der Waals surface area (Å²) in [5.41, 5.74) is 0.546. The molecule has 4 heteroatoms. The Morgan fingerprint density at radius 2 is 1.25 bits per heavy atom. The molecule has 5 aliphatic carbocycles. The lowest BCUT2D eigenvalue weighted by atomic mass is 9.33. The van der Waals surface area contributed by atoms with E-state index in [4.69, 9.17) is 4.74 Å². The van der Waals surface area contributed by atoms with Crippen molar-refractivity contribution in [1.29, 1.82) is 0 Å². The van der Waals surface area contributed by atoms with Crippen LogP contribution in [0.15, 0.2) is 11.6 Å². The summed E-state index contributed by atoms with van der Waals surface area (Å²) in [6.45, 7) is 19.3. The van der Waals surface area contributed by atoms with Crippen LogP contribution in [-0.2, 0) is 14.3 Å². The summed E-state index contributed by atoms with van der Waals surface area (Å²) in [5, 5.41) is 11.0. The van der Waals surface area contributed by atoms with Crippen LogP contribution in [0.25, 0.3) is 0 Å². The third kappa shape index (κ3) is 8.05. The lowest BCUT2D eigenvalue weighted by molar-refractivity contribution is -0.202. The van der Waals surface area contributed by atoms with Gasteiger partial charge in [-0.2, -0.15) is 0 Å². The number of rotatable bonds is 18. The lowest BCUT2D eigenvalue weighted by Gasteiger charge is -2.70. The van der Waals surface area contributed by atoms with E-state index in [9.17, 15) is 14.7 Å². The summed E-state index contributed by atoms with van der Waals surface area (Å²) in [6.07, 6.45) is 32.1. The summed E-state index contributed by atoms with van der Waals surface area (Å²) in [7, 11) is 0. The van der Waals surface area contributed by atoms with Gasteiger partial charge in [-0.25, -0.2) is 0 Å². The molecule has 0 radical (unpaired) electrons. The van der Waals surface area contributed by atoms with E-state index in [1.165, 1.54) is 95.5 Å². The molecule has 4 saturated carbocycles. The highest BCUT2D eigenvalue weighted by atomic mass is 16.5. The number of carbonyl (C=O) groups excluding carboxylic acids is 2. The van der Waals surface area contributed by atoms with Crippen LogP contribution in [0.4, 0.5) is 0 Å². The first-order valence-corrected chi connectivity index (χ1v) is 22.7. The number of ketones is 1. The number of carbonyl (C=O) groups is 2. The molecule has 1 N–H and O–H groups in total. The fourth-order valence-electron chi connectivity index (χ4n) is 13.3. The molecular formula is C48H82O4. The zero-order chi connectivity index (χ0) is 37.8. The summed E-state index contributed by atoms with van der Waals surface area (Å²) >= 11 is 0. The maximum atomic E-state index is 14.6. The maximum Gasteiger partial charge on any atom is 0.311 e. The van der Waals surface area contributed by atoms with E-state index in [0.717, 1.165) is 70.6 Å². The van der Waals surface area contributed by atoms with E-state index in [1.54, 1.807) is 0 Å². The molecule has 52 heavy (non-hydrogen) atoms. The first-order valence-electron chi connectivity index (χ1n) is 22.7. The van der Waals surface area contributed by atoms with Crippen LogP contribution >= 0.6 is 0 Å². The standard InChI is InChI=1S/C48H82O4/c1-9-10-11-12-13-14-15-16-17-18-19-20-21-22-23-24-33-52-42(51)45(5)30-29-44(4)31-32-47(7)36(37(44)35-45)34-38(49)41-46(6)27-26-40(50)43(2,3)39(46)25-28-48(41,47)8/h34,37,39-41,50H,9-33,35H2,1-8H3. The zero-order valence-corrected chi connectivity index (χ0v) is 35.4. The molecule has 0 aromatic carbocycles. The second kappa shape index (κ2) is 16.9. The lowest BCUT2D eigenvalue weighted by Crippen LogP contribution is -2.66. The Labute approximate surface area is 320 Å². The minimum Gasteiger partial charge on any atom is -0.465 e. The van der Waals surface area contributed by atoms with E-state index in [1.807, 2.05) is 0 Å². The number of ether oxygens (including phenoxy) is 1. The molecule has 9 atom stereocenters. The smallest absolute Gasteiger partial charge is 0.311 e. The summed E-state index contributed by atoms with van der Waals surface area (Å²) in [4.78, 5) is 28.4. The highest BCUT2D eigenvalue weighted by Crippen LogP contribution is 2.75. The van der Waals surface area contributed by atoms with E-state index in [0.29, 0.717) is 18.3 Å². The maximum absolute atomic E-state index is 14.6. The SMILES string of the molecule is CCCCCCCCCCCCCCCCCCOC(=O)C1(C)CCC2(C)CCC3(C)C(=CC(=O)C4C5(C)CCC(O)C(C)(C)C5CCC43C)C2C1.